The van der Waals surface area contributed by atoms with Crippen molar-refractivity contribution < 1.29 is 14.6 Å². The molecule has 4 heterocycles. The number of rotatable bonds is 4. The fraction of sp³-hybridized carbons (Fsp3) is 0.406. The zero-order valence-corrected chi connectivity index (χ0v) is 21.1. The number of piperidine rings is 1. The average molecular weight is 495 g/mol. The first-order chi connectivity index (χ1) is 18.1. The Morgan fingerprint density at radius 2 is 1.59 bits per heavy atom. The summed E-state index contributed by atoms with van der Waals surface area (Å²) in [5.74, 6) is 2.53. The van der Waals surface area contributed by atoms with E-state index in [1.54, 1.807) is 4.90 Å². The van der Waals surface area contributed by atoms with Crippen molar-refractivity contribution in [3.05, 3.63) is 95.1 Å². The number of aliphatic hydroxyl groups is 1. The van der Waals surface area contributed by atoms with Crippen LogP contribution >= 0.6 is 0 Å². The van der Waals surface area contributed by atoms with Crippen LogP contribution in [0.5, 0.6) is 11.5 Å². The highest BCUT2D eigenvalue weighted by Crippen LogP contribution is 2.53. The predicted molar refractivity (Wildman–Crippen MR) is 143 cm³/mol. The summed E-state index contributed by atoms with van der Waals surface area (Å²) in [6, 6.07) is 26.6. The second-order valence-corrected chi connectivity index (χ2v) is 11.3. The third-order valence-corrected chi connectivity index (χ3v) is 9.12. The summed E-state index contributed by atoms with van der Waals surface area (Å²) in [6.07, 6.45) is 5.16. The van der Waals surface area contributed by atoms with Gasteiger partial charge in [-0.3, -0.25) is 9.69 Å². The van der Waals surface area contributed by atoms with Gasteiger partial charge in [-0.25, -0.2) is 0 Å². The quantitative estimate of drug-likeness (QED) is 0.515. The van der Waals surface area contributed by atoms with E-state index in [-0.39, 0.29) is 11.8 Å². The fourth-order valence-electron chi connectivity index (χ4n) is 7.39. The highest BCUT2D eigenvalue weighted by Gasteiger charge is 2.45. The van der Waals surface area contributed by atoms with Crippen LogP contribution in [0.3, 0.4) is 0 Å². The Balaban J connectivity index is 1.18. The summed E-state index contributed by atoms with van der Waals surface area (Å²) in [7, 11) is 0. The van der Waals surface area contributed by atoms with Crippen molar-refractivity contribution in [3.8, 4) is 11.5 Å². The molecular weight excluding hydrogens is 460 g/mol. The molecule has 4 atom stereocenters. The normalized spacial score (nSPS) is 28.5. The van der Waals surface area contributed by atoms with Crippen LogP contribution in [0.4, 0.5) is 0 Å². The number of para-hydroxylation sites is 1. The van der Waals surface area contributed by atoms with Crippen molar-refractivity contribution in [3.63, 3.8) is 0 Å². The monoisotopic (exact) mass is 494 g/mol. The van der Waals surface area contributed by atoms with Gasteiger partial charge in [0.15, 0.2) is 0 Å². The highest BCUT2D eigenvalue weighted by atomic mass is 16.5. The minimum absolute atomic E-state index is 0.0226. The van der Waals surface area contributed by atoms with Gasteiger partial charge in [-0.15, -0.1) is 0 Å². The molecule has 0 aliphatic carbocycles. The zero-order valence-electron chi connectivity index (χ0n) is 21.1. The zero-order chi connectivity index (χ0) is 24.9. The number of hydrogen-bond acceptors (Lipinski definition) is 4. The number of hydrogen-bond donors (Lipinski definition) is 1. The summed E-state index contributed by atoms with van der Waals surface area (Å²) < 4.78 is 6.41. The van der Waals surface area contributed by atoms with Gasteiger partial charge in [0.05, 0.1) is 6.10 Å². The summed E-state index contributed by atoms with van der Waals surface area (Å²) in [5.41, 5.74) is 4.53. The van der Waals surface area contributed by atoms with E-state index in [2.05, 4.69) is 59.5 Å². The molecule has 4 aliphatic rings. The second kappa shape index (κ2) is 9.30. The Hall–Kier alpha value is -3.15. The molecule has 190 valence electrons. The summed E-state index contributed by atoms with van der Waals surface area (Å²) >= 11 is 0. The van der Waals surface area contributed by atoms with Crippen LogP contribution in [-0.2, 0) is 6.54 Å². The predicted octanol–water partition coefficient (Wildman–Crippen LogP) is 5.57. The molecule has 1 N–H and O–H groups in total. The topological polar surface area (TPSA) is 53.0 Å². The fourth-order valence-corrected chi connectivity index (χ4v) is 7.39. The molecule has 4 unspecified atom stereocenters. The van der Waals surface area contributed by atoms with Crippen molar-refractivity contribution >= 4 is 5.91 Å². The molecule has 37 heavy (non-hydrogen) atoms. The molecule has 5 nitrogen and oxygen atoms in total. The molecule has 0 aromatic heterocycles. The van der Waals surface area contributed by atoms with E-state index < -0.39 is 6.10 Å². The molecule has 3 aromatic rings. The van der Waals surface area contributed by atoms with Crippen LogP contribution in [0.15, 0.2) is 72.8 Å². The number of carbonyl (C=O) groups is 1. The van der Waals surface area contributed by atoms with E-state index in [9.17, 15) is 9.90 Å². The Bertz CT molecular complexity index is 1290. The minimum Gasteiger partial charge on any atom is -0.457 e. The van der Waals surface area contributed by atoms with Gasteiger partial charge in [-0.05, 0) is 61.8 Å². The van der Waals surface area contributed by atoms with Crippen molar-refractivity contribution in [1.29, 1.82) is 0 Å². The number of carbonyl (C=O) groups excluding carboxylic acids is 1. The summed E-state index contributed by atoms with van der Waals surface area (Å²) in [4.78, 5) is 17.6. The largest absolute Gasteiger partial charge is 0.457 e. The van der Waals surface area contributed by atoms with Gasteiger partial charge in [-0.2, -0.15) is 0 Å². The van der Waals surface area contributed by atoms with Crippen LogP contribution in [0.25, 0.3) is 0 Å². The van der Waals surface area contributed by atoms with Crippen LogP contribution in [-0.4, -0.2) is 52.1 Å². The number of amides is 1. The maximum Gasteiger partial charge on any atom is 0.254 e. The smallest absolute Gasteiger partial charge is 0.254 e. The van der Waals surface area contributed by atoms with Crippen molar-refractivity contribution in [2.75, 3.05) is 13.1 Å². The number of likely N-dealkylation sites (tertiary alicyclic amines) is 1. The van der Waals surface area contributed by atoms with Gasteiger partial charge in [0.2, 0.25) is 0 Å². The molecule has 3 fully saturated rings. The van der Waals surface area contributed by atoms with Crippen LogP contribution in [0.2, 0.25) is 0 Å². The summed E-state index contributed by atoms with van der Waals surface area (Å²) in [6.45, 7) is 2.06. The van der Waals surface area contributed by atoms with Crippen molar-refractivity contribution in [2.45, 2.75) is 62.8 Å². The van der Waals surface area contributed by atoms with Crippen LogP contribution < -0.4 is 4.74 Å². The molecule has 2 bridgehead atoms. The van der Waals surface area contributed by atoms with Crippen LogP contribution in [0, 0.1) is 5.92 Å². The maximum atomic E-state index is 13.1. The van der Waals surface area contributed by atoms with E-state index in [4.69, 9.17) is 4.74 Å². The molecular formula is C32H34N2O3. The molecule has 7 rings (SSSR count). The number of nitrogens with zero attached hydrogens (tertiary/aromatic N) is 2. The van der Waals surface area contributed by atoms with Gasteiger partial charge in [-0.1, -0.05) is 54.6 Å². The first kappa shape index (κ1) is 23.0. The van der Waals surface area contributed by atoms with Gasteiger partial charge in [0.1, 0.15) is 11.5 Å². The van der Waals surface area contributed by atoms with E-state index >= 15 is 0 Å². The number of ether oxygens (including phenoxy) is 1. The number of aliphatic hydroxyl groups excluding tert-OH is 1. The van der Waals surface area contributed by atoms with Crippen molar-refractivity contribution in [1.82, 2.24) is 9.80 Å². The lowest BCUT2D eigenvalue weighted by Crippen LogP contribution is -2.44. The molecule has 5 heteroatoms. The third kappa shape index (κ3) is 4.14. The number of benzene rings is 3. The maximum absolute atomic E-state index is 13.1. The Labute approximate surface area is 218 Å². The minimum atomic E-state index is -0.419. The van der Waals surface area contributed by atoms with Gasteiger partial charge in [0, 0.05) is 54.3 Å². The second-order valence-electron chi connectivity index (χ2n) is 11.3. The summed E-state index contributed by atoms with van der Waals surface area (Å²) in [5, 5.41) is 9.90. The van der Waals surface area contributed by atoms with Crippen LogP contribution in [0.1, 0.15) is 65.1 Å². The van der Waals surface area contributed by atoms with Gasteiger partial charge >= 0.3 is 0 Å². The van der Waals surface area contributed by atoms with Crippen molar-refractivity contribution in [2.24, 2.45) is 5.92 Å². The van der Waals surface area contributed by atoms with E-state index in [0.29, 0.717) is 43.1 Å². The lowest BCUT2D eigenvalue weighted by Gasteiger charge is -2.43. The first-order valence-electron chi connectivity index (χ1n) is 13.8. The lowest BCUT2D eigenvalue weighted by molar-refractivity contribution is 0.0764. The lowest BCUT2D eigenvalue weighted by atomic mass is 9.72. The van der Waals surface area contributed by atoms with Gasteiger partial charge < -0.3 is 14.7 Å². The van der Waals surface area contributed by atoms with E-state index in [1.807, 2.05) is 18.2 Å². The molecule has 1 amide bonds. The van der Waals surface area contributed by atoms with E-state index in [0.717, 1.165) is 18.0 Å². The number of fused-ring (bicyclic) bond motifs is 4. The molecule has 3 aromatic carbocycles. The molecule has 3 saturated heterocycles. The first-order valence-corrected chi connectivity index (χ1v) is 13.8. The molecule has 0 saturated carbocycles. The Morgan fingerprint density at radius 1 is 0.865 bits per heavy atom. The SMILES string of the molecule is O=C(c1ccc2c(c1)Oc1ccccc1C2C1CC2CCC(C1)N2Cc1ccccc1)N1CCC(O)C1. The molecule has 0 radical (unpaired) electrons. The Morgan fingerprint density at radius 3 is 2.35 bits per heavy atom. The molecule has 0 spiro atoms. The highest BCUT2D eigenvalue weighted by molar-refractivity contribution is 5.95. The Kier molecular flexibility index (Phi) is 5.78. The molecule has 4 aliphatic heterocycles. The van der Waals surface area contributed by atoms with Gasteiger partial charge in [0.25, 0.3) is 5.91 Å². The average Bonchev–Trinajstić information content (AvgIpc) is 3.45. The number of β-amino-alcohol motifs (C(OH)–C–C–N with tert-alkyl or cyclic N) is 1. The standard InChI is InChI=1S/C32H34N2O3/c35-26-14-15-33(20-26)32(36)22-10-13-28-30(18-22)37-29-9-5-4-8-27(29)31(28)23-16-24-11-12-25(17-23)34(24)19-21-6-2-1-3-7-21/h1-10,13,18,23-26,31,35H,11-12,14-17,19-20H2. The third-order valence-electron chi connectivity index (χ3n) is 9.12. The van der Waals surface area contributed by atoms with E-state index in [1.165, 1.54) is 42.4 Å².